The number of aromatic amines is 1. The molecule has 0 bridgehead atoms. The molecule has 0 spiro atoms. The molecule has 128 valence electrons. The van der Waals surface area contributed by atoms with Gasteiger partial charge < -0.3 is 21.4 Å². The monoisotopic (exact) mass is 400 g/mol. The summed E-state index contributed by atoms with van der Waals surface area (Å²) >= 11 is 3.33. The van der Waals surface area contributed by atoms with Crippen molar-refractivity contribution in [3.8, 4) is 0 Å². The topological polar surface area (TPSA) is 100 Å². The van der Waals surface area contributed by atoms with Crippen molar-refractivity contribution in [2.45, 2.75) is 12.5 Å². The molecule has 1 unspecified atom stereocenters. The highest BCUT2D eigenvalue weighted by atomic mass is 79.9. The van der Waals surface area contributed by atoms with Crippen LogP contribution in [0.25, 0.3) is 10.9 Å². The number of hydrogen-bond acceptors (Lipinski definition) is 2. The van der Waals surface area contributed by atoms with Crippen molar-refractivity contribution in [1.82, 2.24) is 10.3 Å². The Bertz CT molecular complexity index is 905. The summed E-state index contributed by atoms with van der Waals surface area (Å²) in [5.41, 5.74) is 7.97. The molecule has 0 fully saturated rings. The van der Waals surface area contributed by atoms with Gasteiger partial charge in [-0.05, 0) is 35.9 Å². The first-order valence-corrected chi connectivity index (χ1v) is 8.49. The van der Waals surface area contributed by atoms with Gasteiger partial charge in [-0.15, -0.1) is 0 Å². The van der Waals surface area contributed by atoms with Gasteiger partial charge in [0.1, 0.15) is 6.04 Å². The summed E-state index contributed by atoms with van der Waals surface area (Å²) in [5, 5.41) is 6.32. The van der Waals surface area contributed by atoms with E-state index in [4.69, 9.17) is 5.73 Å². The third-order valence-corrected chi connectivity index (χ3v) is 4.38. The largest absolute Gasteiger partial charge is 0.368 e. The summed E-state index contributed by atoms with van der Waals surface area (Å²) < 4.78 is 0.910. The van der Waals surface area contributed by atoms with E-state index in [1.54, 1.807) is 12.1 Å². The molecule has 1 aromatic heterocycles. The van der Waals surface area contributed by atoms with Gasteiger partial charge in [0.2, 0.25) is 5.91 Å². The van der Waals surface area contributed by atoms with Crippen LogP contribution in [-0.2, 0) is 11.2 Å². The van der Waals surface area contributed by atoms with E-state index in [2.05, 4.69) is 31.5 Å². The van der Waals surface area contributed by atoms with Gasteiger partial charge in [0.25, 0.3) is 0 Å². The predicted octanol–water partition coefficient (Wildman–Crippen LogP) is 3.15. The minimum atomic E-state index is -0.811. The average Bonchev–Trinajstić information content (AvgIpc) is 2.99. The minimum absolute atomic E-state index is 0.313. The van der Waals surface area contributed by atoms with Gasteiger partial charge in [0.05, 0.1) is 0 Å². The molecule has 3 amide bonds. The third kappa shape index (κ3) is 4.19. The maximum absolute atomic E-state index is 12.2. The fraction of sp³-hybridized carbons (Fsp3) is 0.111. The molecule has 1 atom stereocenters. The van der Waals surface area contributed by atoms with E-state index in [-0.39, 0.29) is 0 Å². The zero-order valence-corrected chi connectivity index (χ0v) is 14.8. The minimum Gasteiger partial charge on any atom is -0.368 e. The van der Waals surface area contributed by atoms with Gasteiger partial charge in [0, 0.05) is 33.7 Å². The molecule has 7 heteroatoms. The second kappa shape index (κ2) is 7.40. The van der Waals surface area contributed by atoms with Crippen molar-refractivity contribution < 1.29 is 9.59 Å². The molecule has 3 rings (SSSR count). The number of carbonyl (C=O) groups is 2. The van der Waals surface area contributed by atoms with Gasteiger partial charge in [0.15, 0.2) is 0 Å². The lowest BCUT2D eigenvalue weighted by molar-refractivity contribution is -0.119. The molecule has 2 aromatic carbocycles. The number of nitrogens with one attached hydrogen (secondary N) is 3. The predicted molar refractivity (Wildman–Crippen MR) is 101 cm³/mol. The number of carbonyl (C=O) groups excluding carboxylic acids is 2. The van der Waals surface area contributed by atoms with Crippen LogP contribution in [0.3, 0.4) is 0 Å². The molecular formula is C18H17BrN4O2. The lowest BCUT2D eigenvalue weighted by Crippen LogP contribution is -2.47. The highest BCUT2D eigenvalue weighted by molar-refractivity contribution is 9.10. The number of H-pyrrole nitrogens is 1. The van der Waals surface area contributed by atoms with E-state index in [0.29, 0.717) is 12.1 Å². The Hall–Kier alpha value is -2.80. The number of fused-ring (bicyclic) bond motifs is 1. The van der Waals surface area contributed by atoms with Crippen molar-refractivity contribution in [2.75, 3.05) is 5.32 Å². The van der Waals surface area contributed by atoms with E-state index in [1.165, 1.54) is 0 Å². The number of aromatic nitrogens is 1. The quantitative estimate of drug-likeness (QED) is 0.528. The Balaban J connectivity index is 1.69. The van der Waals surface area contributed by atoms with E-state index < -0.39 is 18.0 Å². The van der Waals surface area contributed by atoms with Crippen LogP contribution >= 0.6 is 15.9 Å². The molecule has 25 heavy (non-hydrogen) atoms. The summed E-state index contributed by atoms with van der Waals surface area (Å²) in [5.74, 6) is -0.587. The van der Waals surface area contributed by atoms with Crippen molar-refractivity contribution >= 4 is 44.5 Å². The van der Waals surface area contributed by atoms with Crippen molar-refractivity contribution in [2.24, 2.45) is 5.73 Å². The van der Waals surface area contributed by atoms with Crippen molar-refractivity contribution in [1.29, 1.82) is 0 Å². The van der Waals surface area contributed by atoms with Crippen LogP contribution in [0.15, 0.2) is 59.2 Å². The first-order valence-electron chi connectivity index (χ1n) is 7.70. The number of halogens is 1. The van der Waals surface area contributed by atoms with Crippen LogP contribution in [0.2, 0.25) is 0 Å². The molecule has 0 aliphatic carbocycles. The summed E-state index contributed by atoms with van der Waals surface area (Å²) in [6.45, 7) is 0. The normalized spacial score (nSPS) is 11.9. The van der Waals surface area contributed by atoms with Crippen LogP contribution in [0.5, 0.6) is 0 Å². The standard InChI is InChI=1S/C18H17BrN4O2/c19-12-5-7-13(8-6-12)22-18(25)23-16(17(20)24)9-11-10-21-15-4-2-1-3-14(11)15/h1-8,10,16,21H,9H2,(H2,20,24)(H2,22,23,25). The van der Waals surface area contributed by atoms with Crippen LogP contribution in [0.4, 0.5) is 10.5 Å². The van der Waals surface area contributed by atoms with Crippen molar-refractivity contribution in [3.63, 3.8) is 0 Å². The summed E-state index contributed by atoms with van der Waals surface area (Å²) in [6, 6.07) is 13.6. The zero-order chi connectivity index (χ0) is 17.8. The molecule has 0 saturated heterocycles. The highest BCUT2D eigenvalue weighted by Gasteiger charge is 2.20. The Kier molecular flexibility index (Phi) is 5.04. The van der Waals surface area contributed by atoms with Crippen LogP contribution in [0.1, 0.15) is 5.56 Å². The SMILES string of the molecule is NC(=O)C(Cc1c[nH]c2ccccc12)NC(=O)Nc1ccc(Br)cc1. The smallest absolute Gasteiger partial charge is 0.319 e. The highest BCUT2D eigenvalue weighted by Crippen LogP contribution is 2.19. The lowest BCUT2D eigenvalue weighted by Gasteiger charge is -2.16. The van der Waals surface area contributed by atoms with E-state index >= 15 is 0 Å². The van der Waals surface area contributed by atoms with Gasteiger partial charge >= 0.3 is 6.03 Å². The number of nitrogens with two attached hydrogens (primary N) is 1. The average molecular weight is 401 g/mol. The van der Waals surface area contributed by atoms with Gasteiger partial charge in [-0.1, -0.05) is 34.1 Å². The lowest BCUT2D eigenvalue weighted by atomic mass is 10.0. The number of urea groups is 1. The fourth-order valence-corrected chi connectivity index (χ4v) is 2.87. The molecule has 6 nitrogen and oxygen atoms in total. The molecule has 0 saturated carbocycles. The Labute approximate surface area is 152 Å². The first-order chi connectivity index (χ1) is 12.0. The van der Waals surface area contributed by atoms with Crippen LogP contribution in [0, 0.1) is 0 Å². The van der Waals surface area contributed by atoms with E-state index in [9.17, 15) is 9.59 Å². The number of rotatable bonds is 5. The molecule has 5 N–H and O–H groups in total. The maximum atomic E-state index is 12.2. The Morgan fingerprint density at radius 1 is 1.12 bits per heavy atom. The number of amides is 3. The van der Waals surface area contributed by atoms with E-state index in [0.717, 1.165) is 20.9 Å². The van der Waals surface area contributed by atoms with Crippen molar-refractivity contribution in [3.05, 3.63) is 64.8 Å². The Morgan fingerprint density at radius 3 is 2.56 bits per heavy atom. The maximum Gasteiger partial charge on any atom is 0.319 e. The fourth-order valence-electron chi connectivity index (χ4n) is 2.60. The third-order valence-electron chi connectivity index (χ3n) is 3.85. The number of anilines is 1. The zero-order valence-electron chi connectivity index (χ0n) is 13.3. The molecular weight excluding hydrogens is 384 g/mol. The number of primary amides is 1. The van der Waals surface area contributed by atoms with E-state index in [1.807, 2.05) is 42.6 Å². The van der Waals surface area contributed by atoms with Crippen LogP contribution < -0.4 is 16.4 Å². The van der Waals surface area contributed by atoms with Crippen LogP contribution in [-0.4, -0.2) is 23.0 Å². The van der Waals surface area contributed by atoms with Gasteiger partial charge in [-0.3, -0.25) is 4.79 Å². The molecule has 0 aliphatic heterocycles. The summed E-state index contributed by atoms with van der Waals surface area (Å²) in [7, 11) is 0. The summed E-state index contributed by atoms with van der Waals surface area (Å²) in [6.07, 6.45) is 2.14. The van der Waals surface area contributed by atoms with Gasteiger partial charge in [-0.25, -0.2) is 4.79 Å². The summed E-state index contributed by atoms with van der Waals surface area (Å²) in [4.78, 5) is 27.1. The number of hydrogen-bond donors (Lipinski definition) is 4. The molecule has 3 aromatic rings. The number of benzene rings is 2. The molecule has 0 aliphatic rings. The molecule has 1 heterocycles. The second-order valence-electron chi connectivity index (χ2n) is 5.62. The number of para-hydroxylation sites is 1. The second-order valence-corrected chi connectivity index (χ2v) is 6.54. The first kappa shape index (κ1) is 17.0. The van der Waals surface area contributed by atoms with Gasteiger partial charge in [-0.2, -0.15) is 0 Å². The molecule has 0 radical (unpaired) electrons. The Morgan fingerprint density at radius 2 is 1.84 bits per heavy atom.